The van der Waals surface area contributed by atoms with Crippen LogP contribution in [0.4, 0.5) is 21.9 Å². The fourth-order valence-corrected chi connectivity index (χ4v) is 4.87. The molecule has 152 valence electrons. The number of amides is 2. The summed E-state index contributed by atoms with van der Waals surface area (Å²) in [4.78, 5) is 31.3. The molecule has 3 aromatic carbocycles. The van der Waals surface area contributed by atoms with E-state index in [1.165, 1.54) is 16.7 Å². The van der Waals surface area contributed by atoms with Crippen LogP contribution in [0.2, 0.25) is 0 Å². The van der Waals surface area contributed by atoms with E-state index in [1.807, 2.05) is 66.7 Å². The molecule has 1 heterocycles. The number of hydrogen-bond donors (Lipinski definition) is 1. The molecule has 1 aliphatic rings. The van der Waals surface area contributed by atoms with E-state index < -0.39 is 4.58 Å². The first-order chi connectivity index (χ1) is 14.2. The number of amidine groups is 1. The fourth-order valence-electron chi connectivity index (χ4n) is 2.72. The number of carbonyl (C=O) groups excluding carboxylic acids is 2. The second kappa shape index (κ2) is 10.5. The Balaban J connectivity index is 0.00000256. The lowest BCUT2D eigenvalue weighted by molar-refractivity contribution is -0.115. The maximum absolute atomic E-state index is 12.9. The summed E-state index contributed by atoms with van der Waals surface area (Å²) < 4.78 is -0.610. The topological polar surface area (TPSA) is 61.8 Å². The number of anilines is 2. The fraction of sp³-hybridized carbons (Fsp3) is 0.0455. The molecule has 0 saturated carbocycles. The quantitative estimate of drug-likeness (QED) is 0.442. The van der Waals surface area contributed by atoms with E-state index >= 15 is 0 Å². The van der Waals surface area contributed by atoms with Crippen molar-refractivity contribution < 1.29 is 26.6 Å². The van der Waals surface area contributed by atoms with Crippen molar-refractivity contribution in [2.24, 2.45) is 4.99 Å². The molecule has 2 amide bonds. The Labute approximate surface area is 193 Å². The van der Waals surface area contributed by atoms with E-state index in [1.54, 1.807) is 24.3 Å². The van der Waals surface area contributed by atoms with Crippen LogP contribution in [-0.4, -0.2) is 20.9 Å². The van der Waals surface area contributed by atoms with E-state index in [-0.39, 0.29) is 28.1 Å². The van der Waals surface area contributed by atoms with Crippen LogP contribution in [-0.2, 0) is 4.79 Å². The van der Waals surface area contributed by atoms with Crippen LogP contribution in [0.1, 0.15) is 0 Å². The van der Waals surface area contributed by atoms with Crippen molar-refractivity contribution >= 4 is 56.9 Å². The van der Waals surface area contributed by atoms with E-state index in [9.17, 15) is 9.59 Å². The van der Waals surface area contributed by atoms with Crippen LogP contribution < -0.4 is 27.2 Å². The van der Waals surface area contributed by atoms with Crippen LogP contribution in [0.3, 0.4) is 0 Å². The van der Waals surface area contributed by atoms with Gasteiger partial charge in [0, 0.05) is 5.69 Å². The molecule has 4 rings (SSSR count). The van der Waals surface area contributed by atoms with E-state index in [0.29, 0.717) is 10.9 Å². The third-order valence-corrected chi connectivity index (χ3v) is 6.27. The molecule has 3 aromatic rings. The minimum Gasteiger partial charge on any atom is -1.00 e. The summed E-state index contributed by atoms with van der Waals surface area (Å²) in [6.45, 7) is 0. The van der Waals surface area contributed by atoms with Gasteiger partial charge in [-0.25, -0.2) is 9.89 Å². The number of para-hydroxylation sites is 3. The van der Waals surface area contributed by atoms with Crippen LogP contribution in [0, 0.1) is 0 Å². The number of benzene rings is 3. The molecule has 1 atom stereocenters. The van der Waals surface area contributed by atoms with E-state index in [2.05, 4.69) is 10.3 Å². The Morgan fingerprint density at radius 1 is 0.867 bits per heavy atom. The van der Waals surface area contributed by atoms with Gasteiger partial charge in [0.25, 0.3) is 11.1 Å². The van der Waals surface area contributed by atoms with Gasteiger partial charge in [0.05, 0.1) is 11.4 Å². The first-order valence-corrected chi connectivity index (χ1v) is 10.7. The average Bonchev–Trinajstić information content (AvgIpc) is 3.03. The summed E-state index contributed by atoms with van der Waals surface area (Å²) in [5.74, 6) is -0.258. The van der Waals surface area contributed by atoms with E-state index in [0.717, 1.165) is 23.1 Å². The molecule has 1 fully saturated rings. The molecule has 0 aliphatic carbocycles. The largest absolute Gasteiger partial charge is 1.00 e. The van der Waals surface area contributed by atoms with Crippen LogP contribution in [0.15, 0.2) is 96.0 Å². The predicted molar refractivity (Wildman–Crippen MR) is 122 cm³/mol. The minimum atomic E-state index is -0.610. The van der Waals surface area contributed by atoms with Gasteiger partial charge in [-0.2, -0.15) is 0 Å². The first-order valence-electron chi connectivity index (χ1n) is 8.93. The first kappa shape index (κ1) is 22.1. The lowest BCUT2D eigenvalue weighted by Gasteiger charge is -2.14. The molecule has 0 spiro atoms. The van der Waals surface area contributed by atoms with Gasteiger partial charge in [-0.1, -0.05) is 66.4 Å². The van der Waals surface area contributed by atoms with Gasteiger partial charge in [-0.15, -0.1) is 0 Å². The normalized spacial score (nSPS) is 16.3. The van der Waals surface area contributed by atoms with Crippen LogP contribution in [0.25, 0.3) is 0 Å². The number of aliphatic imine (C=N–C) groups is 1. The Morgan fingerprint density at radius 2 is 1.43 bits per heavy atom. The van der Waals surface area contributed by atoms with Crippen LogP contribution in [0.5, 0.6) is 0 Å². The summed E-state index contributed by atoms with van der Waals surface area (Å²) in [5.41, 5.74) is 2.20. The number of carbonyl (C=O) groups is 2. The standard InChI is InChI=1S/C22H17N3O2S2.BrH/c26-19-20(29-22(27)25(19)18-14-8-3-9-15-18)28-21(23-16-10-4-1-5-11-16)24-17-12-6-2-7-13-17;/h1-15,20H,(H,23,24);1H/p-1. The van der Waals surface area contributed by atoms with Gasteiger partial charge in [-0.05, 0) is 48.2 Å². The summed E-state index contributed by atoms with van der Waals surface area (Å²) in [5, 5.41) is 3.53. The molecule has 1 saturated heterocycles. The molecule has 0 bridgehead atoms. The zero-order valence-corrected chi connectivity index (χ0v) is 18.9. The van der Waals surface area contributed by atoms with Gasteiger partial charge in [0.15, 0.2) is 5.17 Å². The third kappa shape index (κ3) is 5.33. The molecule has 0 radical (unpaired) electrons. The molecule has 30 heavy (non-hydrogen) atoms. The molecule has 1 aliphatic heterocycles. The Hall–Kier alpha value is -2.55. The van der Waals surface area contributed by atoms with Gasteiger partial charge >= 0.3 is 0 Å². The summed E-state index contributed by atoms with van der Waals surface area (Å²) in [6, 6.07) is 28.1. The smallest absolute Gasteiger partial charge is 0.294 e. The van der Waals surface area contributed by atoms with Crippen molar-refractivity contribution in [3.63, 3.8) is 0 Å². The van der Waals surface area contributed by atoms with Gasteiger partial charge in [-0.3, -0.25) is 9.59 Å². The average molecular weight is 499 g/mol. The molecular weight excluding hydrogens is 482 g/mol. The van der Waals surface area contributed by atoms with Gasteiger partial charge in [0.2, 0.25) is 0 Å². The number of halogens is 1. The third-order valence-electron chi connectivity index (χ3n) is 4.06. The summed E-state index contributed by atoms with van der Waals surface area (Å²) >= 11 is 2.25. The maximum atomic E-state index is 12.9. The highest BCUT2D eigenvalue weighted by Crippen LogP contribution is 2.38. The van der Waals surface area contributed by atoms with Crippen molar-refractivity contribution in [3.8, 4) is 0 Å². The molecular formula is C22H17BrN3O2S2-. The number of rotatable bonds is 4. The van der Waals surface area contributed by atoms with Crippen molar-refractivity contribution in [2.75, 3.05) is 10.2 Å². The van der Waals surface area contributed by atoms with Crippen molar-refractivity contribution in [3.05, 3.63) is 91.0 Å². The highest BCUT2D eigenvalue weighted by molar-refractivity contribution is 8.31. The highest BCUT2D eigenvalue weighted by atomic mass is 79.9. The van der Waals surface area contributed by atoms with Gasteiger partial charge in [0.1, 0.15) is 4.58 Å². The van der Waals surface area contributed by atoms with Crippen molar-refractivity contribution in [1.29, 1.82) is 0 Å². The lowest BCUT2D eigenvalue weighted by Crippen LogP contribution is -3.00. The molecule has 5 nitrogen and oxygen atoms in total. The molecule has 8 heteroatoms. The lowest BCUT2D eigenvalue weighted by atomic mass is 10.3. The minimum absolute atomic E-state index is 0. The molecule has 1 N–H and O–H groups in total. The number of imide groups is 1. The van der Waals surface area contributed by atoms with E-state index in [4.69, 9.17) is 0 Å². The Morgan fingerprint density at radius 3 is 2.07 bits per heavy atom. The number of hydrogen-bond acceptors (Lipinski definition) is 5. The second-order valence-corrected chi connectivity index (χ2v) is 8.53. The maximum Gasteiger partial charge on any atom is 0.294 e. The zero-order chi connectivity index (χ0) is 20.1. The number of nitrogens with one attached hydrogen (secondary N) is 1. The summed E-state index contributed by atoms with van der Waals surface area (Å²) in [6.07, 6.45) is 0. The number of nitrogens with zero attached hydrogens (tertiary/aromatic N) is 2. The molecule has 1 unspecified atom stereocenters. The van der Waals surface area contributed by atoms with Gasteiger partial charge < -0.3 is 22.3 Å². The molecule has 0 aromatic heterocycles. The monoisotopic (exact) mass is 498 g/mol. The Kier molecular flexibility index (Phi) is 7.73. The number of thioether (sulfide) groups is 2. The zero-order valence-electron chi connectivity index (χ0n) is 15.6. The van der Waals surface area contributed by atoms with Crippen molar-refractivity contribution in [1.82, 2.24) is 0 Å². The van der Waals surface area contributed by atoms with Crippen LogP contribution >= 0.6 is 23.5 Å². The second-order valence-electron chi connectivity index (χ2n) is 6.09. The summed E-state index contributed by atoms with van der Waals surface area (Å²) in [7, 11) is 0. The SMILES string of the molecule is O=C1SC(SC(=Nc2ccccc2)Nc2ccccc2)C(=O)N1c1ccccc1.[Br-]. The van der Waals surface area contributed by atoms with Crippen molar-refractivity contribution in [2.45, 2.75) is 4.58 Å². The highest BCUT2D eigenvalue weighted by Gasteiger charge is 2.41. The Bertz CT molecular complexity index is 1030. The predicted octanol–water partition coefficient (Wildman–Crippen LogP) is 2.75.